The predicted molar refractivity (Wildman–Crippen MR) is 115 cm³/mol. The molecule has 2 aliphatic carbocycles. The van der Waals surface area contributed by atoms with Crippen LogP contribution in [0.25, 0.3) is 0 Å². The number of nitrogens with one attached hydrogen (secondary N) is 2. The zero-order valence-corrected chi connectivity index (χ0v) is 18.2. The number of carbonyl (C=O) groups excluding carboxylic acids is 1. The minimum absolute atomic E-state index is 0.137. The van der Waals surface area contributed by atoms with Crippen LogP contribution in [0.5, 0.6) is 0 Å². The normalized spacial score (nSPS) is 39.9. The summed E-state index contributed by atoms with van der Waals surface area (Å²) < 4.78 is 0. The Hall–Kier alpha value is -1.35. The van der Waals surface area contributed by atoms with Crippen LogP contribution in [-0.2, 0) is 10.2 Å². The summed E-state index contributed by atoms with van der Waals surface area (Å²) in [5, 5.41) is 6.92. The Balaban J connectivity index is 1.61. The Morgan fingerprint density at radius 1 is 1.07 bits per heavy atom. The molecular weight excluding hydrogens is 344 g/mol. The third kappa shape index (κ3) is 3.75. The zero-order valence-electron chi connectivity index (χ0n) is 18.2. The van der Waals surface area contributed by atoms with Gasteiger partial charge in [0.25, 0.3) is 0 Å². The molecule has 1 aromatic rings. The highest BCUT2D eigenvalue weighted by Crippen LogP contribution is 2.61. The van der Waals surface area contributed by atoms with Gasteiger partial charge in [0.2, 0.25) is 5.91 Å². The molecule has 0 radical (unpaired) electrons. The fraction of sp³-hybridized carbons (Fsp3) is 0.720. The summed E-state index contributed by atoms with van der Waals surface area (Å²) in [4.78, 5) is 13.6. The van der Waals surface area contributed by atoms with Crippen molar-refractivity contribution in [1.82, 2.24) is 10.6 Å². The van der Waals surface area contributed by atoms with Crippen LogP contribution in [0.15, 0.2) is 30.3 Å². The molecule has 2 N–H and O–H groups in total. The van der Waals surface area contributed by atoms with Gasteiger partial charge in [-0.15, -0.1) is 0 Å². The van der Waals surface area contributed by atoms with Gasteiger partial charge in [0.05, 0.1) is 0 Å². The molecule has 1 aliphatic heterocycles. The van der Waals surface area contributed by atoms with Crippen LogP contribution >= 0.6 is 0 Å². The molecule has 3 aliphatic rings. The van der Waals surface area contributed by atoms with Crippen molar-refractivity contribution in [3.8, 4) is 0 Å². The lowest BCUT2D eigenvalue weighted by atomic mass is 9.47. The molecule has 1 aromatic carbocycles. The number of rotatable bonds is 3. The average molecular weight is 383 g/mol. The first-order valence-corrected chi connectivity index (χ1v) is 11.3. The molecule has 0 spiro atoms. The van der Waals surface area contributed by atoms with Crippen LogP contribution in [0, 0.1) is 22.7 Å². The van der Waals surface area contributed by atoms with Gasteiger partial charge in [-0.25, -0.2) is 0 Å². The van der Waals surface area contributed by atoms with Gasteiger partial charge < -0.3 is 10.6 Å². The van der Waals surface area contributed by atoms with Gasteiger partial charge in [0, 0.05) is 11.5 Å². The van der Waals surface area contributed by atoms with E-state index in [0.29, 0.717) is 29.2 Å². The summed E-state index contributed by atoms with van der Waals surface area (Å²) in [6.07, 6.45) is 6.74. The summed E-state index contributed by atoms with van der Waals surface area (Å²) in [6.45, 7) is 11.4. The van der Waals surface area contributed by atoms with E-state index in [9.17, 15) is 4.79 Å². The standard InChI is InChI=1S/C25H38N2O/c1-18-15-26-11-10-21(18)27-22(28)24(4)13-19-12-23(2,3)16-25(14-19,17-24)20-8-6-5-7-9-20/h5-9,18-19,21,26H,10-17H2,1-4H3,(H,27,28). The first kappa shape index (κ1) is 19.9. The van der Waals surface area contributed by atoms with Crippen molar-refractivity contribution in [2.75, 3.05) is 13.1 Å². The van der Waals surface area contributed by atoms with Gasteiger partial charge in [-0.05, 0) is 79.8 Å². The van der Waals surface area contributed by atoms with Crippen molar-refractivity contribution in [2.24, 2.45) is 22.7 Å². The molecule has 3 fully saturated rings. The molecule has 1 amide bonds. The van der Waals surface area contributed by atoms with E-state index in [1.165, 1.54) is 24.8 Å². The molecule has 2 bridgehead atoms. The SMILES string of the molecule is CC1CNCCC1NC(=O)C1(C)CC2CC(C)(C)CC(c3ccccc3)(C2)C1. The van der Waals surface area contributed by atoms with Crippen LogP contribution < -0.4 is 10.6 Å². The molecule has 1 heterocycles. The van der Waals surface area contributed by atoms with Gasteiger partial charge >= 0.3 is 0 Å². The first-order valence-electron chi connectivity index (χ1n) is 11.3. The maximum Gasteiger partial charge on any atom is 0.226 e. The van der Waals surface area contributed by atoms with Gasteiger partial charge in [-0.2, -0.15) is 0 Å². The molecular formula is C25H38N2O. The molecule has 28 heavy (non-hydrogen) atoms. The molecule has 3 heteroatoms. The maximum absolute atomic E-state index is 13.6. The van der Waals surface area contributed by atoms with E-state index >= 15 is 0 Å². The van der Waals surface area contributed by atoms with Crippen molar-refractivity contribution in [2.45, 2.75) is 77.7 Å². The monoisotopic (exact) mass is 382 g/mol. The third-order valence-electron chi connectivity index (χ3n) is 7.84. The maximum atomic E-state index is 13.6. The second-order valence-corrected chi connectivity index (χ2v) is 11.3. The molecule has 3 nitrogen and oxygen atoms in total. The van der Waals surface area contributed by atoms with E-state index in [4.69, 9.17) is 0 Å². The second kappa shape index (κ2) is 7.16. The number of fused-ring (bicyclic) bond motifs is 2. The van der Waals surface area contributed by atoms with Gasteiger partial charge in [0.15, 0.2) is 0 Å². The van der Waals surface area contributed by atoms with Crippen molar-refractivity contribution in [3.05, 3.63) is 35.9 Å². The zero-order chi connectivity index (χ0) is 20.0. The molecule has 5 atom stereocenters. The van der Waals surface area contributed by atoms with Crippen LogP contribution in [0.4, 0.5) is 0 Å². The summed E-state index contributed by atoms with van der Waals surface area (Å²) in [6, 6.07) is 11.4. The fourth-order valence-electron chi connectivity index (χ4n) is 7.06. The molecule has 1 saturated heterocycles. The largest absolute Gasteiger partial charge is 0.353 e. The predicted octanol–water partition coefficient (Wildman–Crippen LogP) is 4.67. The minimum Gasteiger partial charge on any atom is -0.353 e. The lowest BCUT2D eigenvalue weighted by Gasteiger charge is -2.57. The Morgan fingerprint density at radius 3 is 2.54 bits per heavy atom. The highest BCUT2D eigenvalue weighted by molar-refractivity contribution is 5.83. The van der Waals surface area contributed by atoms with Crippen LogP contribution in [0.2, 0.25) is 0 Å². The first-order chi connectivity index (χ1) is 13.2. The summed E-state index contributed by atoms with van der Waals surface area (Å²) in [5.74, 6) is 1.45. The molecule has 5 unspecified atom stereocenters. The average Bonchev–Trinajstić information content (AvgIpc) is 2.62. The van der Waals surface area contributed by atoms with Crippen LogP contribution in [0.1, 0.15) is 71.8 Å². The number of hydrogen-bond acceptors (Lipinski definition) is 2. The molecule has 4 rings (SSSR count). The van der Waals surface area contributed by atoms with E-state index in [1.807, 2.05) is 0 Å². The quantitative estimate of drug-likeness (QED) is 0.798. The Bertz CT molecular complexity index is 715. The number of piperidine rings is 1. The van der Waals surface area contributed by atoms with Crippen molar-refractivity contribution >= 4 is 5.91 Å². The highest BCUT2D eigenvalue weighted by atomic mass is 16.2. The minimum atomic E-state index is -0.264. The summed E-state index contributed by atoms with van der Waals surface area (Å²) >= 11 is 0. The van der Waals surface area contributed by atoms with Gasteiger partial charge in [-0.3, -0.25) is 4.79 Å². The van der Waals surface area contributed by atoms with E-state index < -0.39 is 0 Å². The van der Waals surface area contributed by atoms with Gasteiger partial charge in [-0.1, -0.05) is 58.0 Å². The lowest BCUT2D eigenvalue weighted by Crippen LogP contribution is -2.57. The summed E-state index contributed by atoms with van der Waals surface area (Å²) in [5.41, 5.74) is 1.67. The number of amides is 1. The number of carbonyl (C=O) groups is 1. The van der Waals surface area contributed by atoms with Crippen molar-refractivity contribution in [3.63, 3.8) is 0 Å². The van der Waals surface area contributed by atoms with Gasteiger partial charge in [0.1, 0.15) is 0 Å². The molecule has 154 valence electrons. The van der Waals surface area contributed by atoms with Crippen molar-refractivity contribution in [1.29, 1.82) is 0 Å². The molecule has 2 saturated carbocycles. The Labute approximate surface area is 171 Å². The van der Waals surface area contributed by atoms with E-state index in [1.54, 1.807) is 0 Å². The topological polar surface area (TPSA) is 41.1 Å². The second-order valence-electron chi connectivity index (χ2n) is 11.3. The molecule has 0 aromatic heterocycles. The fourth-order valence-corrected chi connectivity index (χ4v) is 7.06. The Morgan fingerprint density at radius 2 is 1.82 bits per heavy atom. The van der Waals surface area contributed by atoms with Crippen LogP contribution in [-0.4, -0.2) is 25.0 Å². The highest BCUT2D eigenvalue weighted by Gasteiger charge is 2.55. The lowest BCUT2D eigenvalue weighted by molar-refractivity contribution is -0.139. The van der Waals surface area contributed by atoms with Crippen molar-refractivity contribution < 1.29 is 4.79 Å². The Kier molecular flexibility index (Phi) is 5.10. The number of benzene rings is 1. The van der Waals surface area contributed by atoms with E-state index in [-0.39, 0.29) is 10.8 Å². The van der Waals surface area contributed by atoms with Crippen LogP contribution in [0.3, 0.4) is 0 Å². The summed E-state index contributed by atoms with van der Waals surface area (Å²) in [7, 11) is 0. The number of hydrogen-bond donors (Lipinski definition) is 2. The smallest absolute Gasteiger partial charge is 0.226 e. The van der Waals surface area contributed by atoms with E-state index in [0.717, 1.165) is 32.4 Å². The third-order valence-corrected chi connectivity index (χ3v) is 7.84. The van der Waals surface area contributed by atoms with E-state index in [2.05, 4.69) is 68.7 Å².